The molecule has 76 valence electrons. The second-order valence-corrected chi connectivity index (χ2v) is 6.08. The van der Waals surface area contributed by atoms with Crippen LogP contribution in [0.4, 0.5) is 0 Å². The summed E-state index contributed by atoms with van der Waals surface area (Å²) in [7, 11) is 0. The second-order valence-electron chi connectivity index (χ2n) is 4.24. The summed E-state index contributed by atoms with van der Waals surface area (Å²) in [5, 5.41) is 0. The van der Waals surface area contributed by atoms with Crippen LogP contribution in [0.15, 0.2) is 36.4 Å². The highest BCUT2D eigenvalue weighted by atomic mass is 32.2. The third-order valence-corrected chi connectivity index (χ3v) is 2.95. The first kappa shape index (κ1) is 11.4. The van der Waals surface area contributed by atoms with Gasteiger partial charge in [0.2, 0.25) is 0 Å². The van der Waals surface area contributed by atoms with Crippen molar-refractivity contribution >= 4 is 17.8 Å². The van der Waals surface area contributed by atoms with Gasteiger partial charge in [-0.05, 0) is 5.56 Å². The average Bonchev–Trinajstić information content (AvgIpc) is 2.13. The molecule has 0 N–H and O–H groups in total. The van der Waals surface area contributed by atoms with Crippen molar-refractivity contribution in [3.05, 3.63) is 42.0 Å². The lowest BCUT2D eigenvalue weighted by Gasteiger charge is -2.15. The van der Waals surface area contributed by atoms with E-state index in [1.165, 1.54) is 5.56 Å². The zero-order valence-electron chi connectivity index (χ0n) is 9.16. The van der Waals surface area contributed by atoms with E-state index in [0.717, 1.165) is 5.75 Å². The van der Waals surface area contributed by atoms with Crippen molar-refractivity contribution in [2.24, 2.45) is 0 Å². The zero-order valence-corrected chi connectivity index (χ0v) is 9.97. The average molecular weight is 206 g/mol. The lowest BCUT2D eigenvalue weighted by atomic mass is 10.2. The van der Waals surface area contributed by atoms with Gasteiger partial charge in [-0.1, -0.05) is 63.3 Å². The first-order valence-corrected chi connectivity index (χ1v) is 5.92. The molecule has 1 rings (SSSR count). The molecule has 0 fully saturated rings. The first-order chi connectivity index (χ1) is 6.58. The molecule has 0 atom stereocenters. The summed E-state index contributed by atoms with van der Waals surface area (Å²) in [4.78, 5) is 0. The number of hydrogen-bond donors (Lipinski definition) is 0. The van der Waals surface area contributed by atoms with Crippen molar-refractivity contribution in [1.29, 1.82) is 0 Å². The van der Waals surface area contributed by atoms with E-state index >= 15 is 0 Å². The SMILES string of the molecule is CC(C)(C)SC/C=C\c1ccccc1. The van der Waals surface area contributed by atoms with Gasteiger partial charge in [-0.2, -0.15) is 11.8 Å². The molecule has 0 saturated heterocycles. The van der Waals surface area contributed by atoms with Gasteiger partial charge >= 0.3 is 0 Å². The maximum Gasteiger partial charge on any atom is 0.0121 e. The third-order valence-electron chi connectivity index (χ3n) is 1.72. The molecule has 0 radical (unpaired) electrons. The van der Waals surface area contributed by atoms with Crippen LogP contribution < -0.4 is 0 Å². The van der Waals surface area contributed by atoms with Gasteiger partial charge in [-0.15, -0.1) is 0 Å². The molecule has 0 amide bonds. The minimum Gasteiger partial charge on any atom is -0.152 e. The Morgan fingerprint density at radius 3 is 2.36 bits per heavy atom. The van der Waals surface area contributed by atoms with Crippen molar-refractivity contribution in [1.82, 2.24) is 0 Å². The van der Waals surface area contributed by atoms with Crippen LogP contribution in [-0.4, -0.2) is 10.5 Å². The standard InChI is InChI=1S/C13H18S/c1-13(2,3)14-11-7-10-12-8-5-4-6-9-12/h4-10H,11H2,1-3H3/b10-7-. The van der Waals surface area contributed by atoms with Crippen LogP contribution in [0.5, 0.6) is 0 Å². The van der Waals surface area contributed by atoms with Crippen LogP contribution in [0.1, 0.15) is 26.3 Å². The minimum atomic E-state index is 0.362. The number of rotatable bonds is 3. The summed E-state index contributed by atoms with van der Waals surface area (Å²) in [6, 6.07) is 10.4. The van der Waals surface area contributed by atoms with Gasteiger partial charge in [0.25, 0.3) is 0 Å². The van der Waals surface area contributed by atoms with Gasteiger partial charge < -0.3 is 0 Å². The first-order valence-electron chi connectivity index (χ1n) is 4.93. The van der Waals surface area contributed by atoms with Crippen molar-refractivity contribution in [2.45, 2.75) is 25.5 Å². The van der Waals surface area contributed by atoms with Crippen LogP contribution in [0.2, 0.25) is 0 Å². The maximum absolute atomic E-state index is 2.24. The van der Waals surface area contributed by atoms with Crippen molar-refractivity contribution < 1.29 is 0 Å². The molecule has 1 heteroatoms. The highest BCUT2D eigenvalue weighted by Crippen LogP contribution is 2.23. The van der Waals surface area contributed by atoms with Crippen LogP contribution >= 0.6 is 11.8 Å². The Balaban J connectivity index is 2.35. The highest BCUT2D eigenvalue weighted by Gasteiger charge is 2.07. The van der Waals surface area contributed by atoms with Crippen LogP contribution in [-0.2, 0) is 0 Å². The highest BCUT2D eigenvalue weighted by molar-refractivity contribution is 8.00. The smallest absolute Gasteiger partial charge is 0.0121 e. The normalized spacial score (nSPS) is 12.2. The Morgan fingerprint density at radius 1 is 1.14 bits per heavy atom. The molecule has 0 spiro atoms. The molecule has 0 aliphatic carbocycles. The molecular formula is C13H18S. The third kappa shape index (κ3) is 5.13. The van der Waals surface area contributed by atoms with Crippen molar-refractivity contribution in [3.63, 3.8) is 0 Å². The molecule has 0 heterocycles. The fourth-order valence-corrected chi connectivity index (χ4v) is 1.74. The lowest BCUT2D eigenvalue weighted by molar-refractivity contribution is 0.805. The Labute approximate surface area is 91.4 Å². The van der Waals surface area contributed by atoms with E-state index in [1.807, 2.05) is 17.8 Å². The Bertz CT molecular complexity index is 280. The summed E-state index contributed by atoms with van der Waals surface area (Å²) in [6.45, 7) is 6.73. The molecule has 1 aromatic carbocycles. The summed E-state index contributed by atoms with van der Waals surface area (Å²) < 4.78 is 0.362. The summed E-state index contributed by atoms with van der Waals surface area (Å²) in [5.41, 5.74) is 1.28. The fourth-order valence-electron chi connectivity index (χ4n) is 1.05. The topological polar surface area (TPSA) is 0 Å². The van der Waals surface area contributed by atoms with Gasteiger partial charge in [-0.3, -0.25) is 0 Å². The van der Waals surface area contributed by atoms with Crippen LogP contribution in [0.25, 0.3) is 6.08 Å². The van der Waals surface area contributed by atoms with E-state index < -0.39 is 0 Å². The summed E-state index contributed by atoms with van der Waals surface area (Å²) in [6.07, 6.45) is 4.41. The predicted octanol–water partition coefficient (Wildman–Crippen LogP) is 4.23. The minimum absolute atomic E-state index is 0.362. The number of benzene rings is 1. The molecular weight excluding hydrogens is 188 g/mol. The number of thioether (sulfide) groups is 1. The zero-order chi connectivity index (χ0) is 10.4. The van der Waals surface area contributed by atoms with Gasteiger partial charge in [0, 0.05) is 10.5 Å². The van der Waals surface area contributed by atoms with Crippen molar-refractivity contribution in [3.8, 4) is 0 Å². The van der Waals surface area contributed by atoms with Crippen LogP contribution in [0, 0.1) is 0 Å². The summed E-state index contributed by atoms with van der Waals surface area (Å²) in [5.74, 6) is 1.08. The molecule has 0 saturated carbocycles. The quantitative estimate of drug-likeness (QED) is 0.713. The predicted molar refractivity (Wildman–Crippen MR) is 67.7 cm³/mol. The maximum atomic E-state index is 2.24. The molecule has 0 bridgehead atoms. The second kappa shape index (κ2) is 5.26. The van der Waals surface area contributed by atoms with Gasteiger partial charge in [0.05, 0.1) is 0 Å². The molecule has 0 aliphatic heterocycles. The number of hydrogen-bond acceptors (Lipinski definition) is 1. The van der Waals surface area contributed by atoms with E-state index in [2.05, 4.69) is 57.2 Å². The summed E-state index contributed by atoms with van der Waals surface area (Å²) >= 11 is 1.97. The Morgan fingerprint density at radius 2 is 1.79 bits per heavy atom. The molecule has 0 aliphatic rings. The van der Waals surface area contributed by atoms with Crippen molar-refractivity contribution in [2.75, 3.05) is 5.75 Å². The molecule has 0 unspecified atom stereocenters. The van der Waals surface area contributed by atoms with E-state index in [-0.39, 0.29) is 0 Å². The van der Waals surface area contributed by atoms with Gasteiger partial charge in [0.1, 0.15) is 0 Å². The van der Waals surface area contributed by atoms with E-state index in [1.54, 1.807) is 0 Å². The van der Waals surface area contributed by atoms with E-state index in [0.29, 0.717) is 4.75 Å². The molecule has 14 heavy (non-hydrogen) atoms. The Kier molecular flexibility index (Phi) is 4.27. The van der Waals surface area contributed by atoms with Crippen LogP contribution in [0.3, 0.4) is 0 Å². The largest absolute Gasteiger partial charge is 0.152 e. The monoisotopic (exact) mass is 206 g/mol. The Hall–Kier alpha value is -0.690. The van der Waals surface area contributed by atoms with Gasteiger partial charge in [-0.25, -0.2) is 0 Å². The van der Waals surface area contributed by atoms with E-state index in [4.69, 9.17) is 0 Å². The van der Waals surface area contributed by atoms with Gasteiger partial charge in [0.15, 0.2) is 0 Å². The molecule has 0 nitrogen and oxygen atoms in total. The fraction of sp³-hybridized carbons (Fsp3) is 0.385. The molecule has 0 aromatic heterocycles. The molecule has 1 aromatic rings. The van der Waals surface area contributed by atoms with E-state index in [9.17, 15) is 0 Å². The lowest BCUT2D eigenvalue weighted by Crippen LogP contribution is -2.07.